The van der Waals surface area contributed by atoms with Crippen LogP contribution in [-0.2, 0) is 0 Å². The highest BCUT2D eigenvalue weighted by atomic mass is 35.5. The van der Waals surface area contributed by atoms with Gasteiger partial charge in [-0.15, -0.1) is 0 Å². The zero-order valence-corrected chi connectivity index (χ0v) is 6.82. The third kappa shape index (κ3) is 0.987. The molecule has 4 heteroatoms. The summed E-state index contributed by atoms with van der Waals surface area (Å²) < 4.78 is 1.71. The summed E-state index contributed by atoms with van der Waals surface area (Å²) in [5.74, 6) is 0. The van der Waals surface area contributed by atoms with Crippen molar-refractivity contribution in [3.05, 3.63) is 35.4 Å². The molecular weight excluding hydrogens is 176 g/mol. The molecule has 0 amide bonds. The van der Waals surface area contributed by atoms with Crippen LogP contribution in [0.2, 0.25) is 5.02 Å². The van der Waals surface area contributed by atoms with Crippen LogP contribution in [0.25, 0.3) is 5.52 Å². The van der Waals surface area contributed by atoms with Crippen molar-refractivity contribution in [3.63, 3.8) is 0 Å². The first-order valence-corrected chi connectivity index (χ1v) is 3.75. The normalized spacial score (nSPS) is 10.4. The minimum atomic E-state index is 0.530. The molecule has 2 heterocycles. The molecule has 3 nitrogen and oxygen atoms in total. The molecule has 0 N–H and O–H groups in total. The summed E-state index contributed by atoms with van der Waals surface area (Å²) in [7, 11) is 0. The highest BCUT2D eigenvalue weighted by Gasteiger charge is 2.01. The second-order valence-corrected chi connectivity index (χ2v) is 2.85. The number of aromatic nitrogens is 2. The van der Waals surface area contributed by atoms with E-state index in [-0.39, 0.29) is 0 Å². The Morgan fingerprint density at radius 3 is 3.17 bits per heavy atom. The fourth-order valence-corrected chi connectivity index (χ4v) is 1.34. The van der Waals surface area contributed by atoms with E-state index in [1.165, 1.54) is 0 Å². The Morgan fingerprint density at radius 2 is 2.42 bits per heavy atom. The molecule has 0 aliphatic heterocycles. The number of carbonyl (C=O) groups excluding carboxylic acids is 1. The smallest absolute Gasteiger partial charge is 0.152 e. The third-order valence-electron chi connectivity index (χ3n) is 1.64. The van der Waals surface area contributed by atoms with E-state index in [1.807, 2.05) is 0 Å². The maximum Gasteiger partial charge on any atom is 0.152 e. The van der Waals surface area contributed by atoms with Crippen LogP contribution in [0, 0.1) is 0 Å². The molecule has 2 aromatic heterocycles. The van der Waals surface area contributed by atoms with Gasteiger partial charge in [0.2, 0.25) is 0 Å². The summed E-state index contributed by atoms with van der Waals surface area (Å²) in [6.07, 6.45) is 5.70. The molecular formula is C8H5ClN2O. The molecule has 0 atom stereocenters. The number of carbonyl (C=O) groups is 1. The van der Waals surface area contributed by atoms with E-state index >= 15 is 0 Å². The quantitative estimate of drug-likeness (QED) is 0.628. The van der Waals surface area contributed by atoms with Gasteiger partial charge in [-0.3, -0.25) is 4.79 Å². The molecule has 0 radical (unpaired) electrons. The molecule has 0 bridgehead atoms. The Hall–Kier alpha value is -1.35. The first-order chi connectivity index (χ1) is 5.81. The van der Waals surface area contributed by atoms with E-state index in [0.29, 0.717) is 10.6 Å². The molecule has 0 aromatic carbocycles. The predicted octanol–water partition coefficient (Wildman–Crippen LogP) is 1.80. The maximum absolute atomic E-state index is 10.6. The number of imidazole rings is 1. The monoisotopic (exact) mass is 180 g/mol. The van der Waals surface area contributed by atoms with E-state index in [1.54, 1.807) is 29.2 Å². The lowest BCUT2D eigenvalue weighted by atomic mass is 10.2. The van der Waals surface area contributed by atoms with Crippen LogP contribution in [0.4, 0.5) is 0 Å². The average Bonchev–Trinajstić information content (AvgIpc) is 2.50. The largest absolute Gasteiger partial charge is 0.304 e. The van der Waals surface area contributed by atoms with Crippen LogP contribution >= 0.6 is 11.6 Å². The molecule has 0 aliphatic rings. The molecule has 0 saturated carbocycles. The summed E-state index contributed by atoms with van der Waals surface area (Å²) in [6, 6.07) is 1.62. The first kappa shape index (κ1) is 7.31. The van der Waals surface area contributed by atoms with Gasteiger partial charge in [-0.1, -0.05) is 11.6 Å². The minimum absolute atomic E-state index is 0.530. The lowest BCUT2D eigenvalue weighted by Crippen LogP contribution is -1.88. The second-order valence-electron chi connectivity index (χ2n) is 2.42. The highest BCUT2D eigenvalue weighted by molar-refractivity contribution is 6.30. The minimum Gasteiger partial charge on any atom is -0.304 e. The lowest BCUT2D eigenvalue weighted by molar-refractivity contribution is 0.112. The molecule has 0 unspecified atom stereocenters. The van der Waals surface area contributed by atoms with E-state index < -0.39 is 0 Å². The van der Waals surface area contributed by atoms with E-state index in [0.717, 1.165) is 11.8 Å². The average molecular weight is 181 g/mol. The van der Waals surface area contributed by atoms with E-state index in [4.69, 9.17) is 11.6 Å². The van der Waals surface area contributed by atoms with Gasteiger partial charge in [-0.25, -0.2) is 4.98 Å². The third-order valence-corrected chi connectivity index (χ3v) is 1.85. The van der Waals surface area contributed by atoms with Crippen LogP contribution in [0.1, 0.15) is 10.4 Å². The van der Waals surface area contributed by atoms with Crippen LogP contribution in [0.5, 0.6) is 0 Å². The van der Waals surface area contributed by atoms with Crippen LogP contribution in [0.15, 0.2) is 24.8 Å². The summed E-state index contributed by atoms with van der Waals surface area (Å²) in [5, 5.41) is 0.530. The van der Waals surface area contributed by atoms with Crippen LogP contribution < -0.4 is 0 Å². The number of aldehydes is 1. The van der Waals surface area contributed by atoms with Crippen molar-refractivity contribution in [2.24, 2.45) is 0 Å². The Morgan fingerprint density at radius 1 is 1.58 bits per heavy atom. The molecule has 12 heavy (non-hydrogen) atoms. The Bertz CT molecular complexity index is 436. The Balaban J connectivity index is 2.88. The molecule has 0 saturated heterocycles. The van der Waals surface area contributed by atoms with Crippen molar-refractivity contribution in [1.29, 1.82) is 0 Å². The predicted molar refractivity (Wildman–Crippen MR) is 45.6 cm³/mol. The Labute approximate surface area is 73.6 Å². The topological polar surface area (TPSA) is 34.4 Å². The maximum atomic E-state index is 10.6. The molecule has 0 fully saturated rings. The summed E-state index contributed by atoms with van der Waals surface area (Å²) in [5.41, 5.74) is 1.33. The van der Waals surface area contributed by atoms with Gasteiger partial charge >= 0.3 is 0 Å². The Kier molecular flexibility index (Phi) is 1.59. The van der Waals surface area contributed by atoms with Crippen LogP contribution in [-0.4, -0.2) is 15.7 Å². The van der Waals surface area contributed by atoms with Crippen molar-refractivity contribution in [2.45, 2.75) is 0 Å². The molecule has 0 aliphatic carbocycles. The van der Waals surface area contributed by atoms with Crippen LogP contribution in [0.3, 0.4) is 0 Å². The van der Waals surface area contributed by atoms with Crippen molar-refractivity contribution in [3.8, 4) is 0 Å². The number of halogens is 1. The number of fused-ring (bicyclic) bond motifs is 1. The summed E-state index contributed by atoms with van der Waals surface area (Å²) in [6.45, 7) is 0. The number of hydrogen-bond acceptors (Lipinski definition) is 2. The fraction of sp³-hybridized carbons (Fsp3) is 0. The SMILES string of the molecule is O=Cc1cc(Cl)cn2cncc12. The van der Waals surface area contributed by atoms with Crippen molar-refractivity contribution in [2.75, 3.05) is 0 Å². The van der Waals surface area contributed by atoms with E-state index in [9.17, 15) is 4.79 Å². The number of rotatable bonds is 1. The lowest BCUT2D eigenvalue weighted by Gasteiger charge is -1.97. The fourth-order valence-electron chi connectivity index (χ4n) is 1.12. The second kappa shape index (κ2) is 2.60. The number of nitrogens with zero attached hydrogens (tertiary/aromatic N) is 2. The van der Waals surface area contributed by atoms with Gasteiger partial charge in [0.05, 0.1) is 23.1 Å². The van der Waals surface area contributed by atoms with Crippen molar-refractivity contribution >= 4 is 23.4 Å². The van der Waals surface area contributed by atoms with Gasteiger partial charge in [0, 0.05) is 11.8 Å². The number of pyridine rings is 1. The van der Waals surface area contributed by atoms with Gasteiger partial charge in [-0.05, 0) is 6.07 Å². The zero-order valence-electron chi connectivity index (χ0n) is 6.07. The van der Waals surface area contributed by atoms with Gasteiger partial charge in [0.25, 0.3) is 0 Å². The molecule has 2 aromatic rings. The molecule has 2 rings (SSSR count). The summed E-state index contributed by atoms with van der Waals surface area (Å²) in [4.78, 5) is 14.5. The number of hydrogen-bond donors (Lipinski definition) is 0. The first-order valence-electron chi connectivity index (χ1n) is 3.37. The van der Waals surface area contributed by atoms with E-state index in [2.05, 4.69) is 4.98 Å². The van der Waals surface area contributed by atoms with Gasteiger partial charge in [0.15, 0.2) is 6.29 Å². The van der Waals surface area contributed by atoms with Crippen molar-refractivity contribution < 1.29 is 4.79 Å². The highest BCUT2D eigenvalue weighted by Crippen LogP contribution is 2.14. The van der Waals surface area contributed by atoms with Gasteiger partial charge in [0.1, 0.15) is 0 Å². The zero-order chi connectivity index (χ0) is 8.55. The molecule has 0 spiro atoms. The molecule has 60 valence electrons. The summed E-state index contributed by atoms with van der Waals surface area (Å²) >= 11 is 5.75. The van der Waals surface area contributed by atoms with Gasteiger partial charge < -0.3 is 4.40 Å². The standard InChI is InChI=1S/C8H5ClN2O/c9-7-1-6(4-12)8-2-10-5-11(8)3-7/h1-5H. The van der Waals surface area contributed by atoms with Crippen molar-refractivity contribution in [1.82, 2.24) is 9.38 Å². The van der Waals surface area contributed by atoms with Gasteiger partial charge in [-0.2, -0.15) is 0 Å².